The summed E-state index contributed by atoms with van der Waals surface area (Å²) in [5.41, 5.74) is 0. The SMILES string of the molecule is Cl.O=C(O)c1cc2c[nH]nc2s1. The summed E-state index contributed by atoms with van der Waals surface area (Å²) in [5, 5.41) is 15.9. The molecule has 2 aromatic heterocycles. The lowest BCUT2D eigenvalue weighted by Crippen LogP contribution is -1.89. The molecule has 0 radical (unpaired) electrons. The molecule has 0 amide bonds. The quantitative estimate of drug-likeness (QED) is 0.744. The monoisotopic (exact) mass is 204 g/mol. The van der Waals surface area contributed by atoms with Crippen molar-refractivity contribution in [3.8, 4) is 0 Å². The number of nitrogens with zero attached hydrogens (tertiary/aromatic N) is 1. The van der Waals surface area contributed by atoms with Crippen LogP contribution in [-0.4, -0.2) is 21.3 Å². The number of aromatic carboxylic acids is 1. The Morgan fingerprint density at radius 1 is 1.67 bits per heavy atom. The Kier molecular flexibility index (Phi) is 2.35. The summed E-state index contributed by atoms with van der Waals surface area (Å²) in [6.45, 7) is 0. The number of fused-ring (bicyclic) bond motifs is 1. The molecule has 2 rings (SSSR count). The first-order valence-electron chi connectivity index (χ1n) is 2.94. The summed E-state index contributed by atoms with van der Waals surface area (Å²) in [4.78, 5) is 11.5. The summed E-state index contributed by atoms with van der Waals surface area (Å²) in [5.74, 6) is -0.895. The molecule has 0 spiro atoms. The van der Waals surface area contributed by atoms with Gasteiger partial charge in [0, 0.05) is 11.6 Å². The lowest BCUT2D eigenvalue weighted by molar-refractivity contribution is 0.0702. The van der Waals surface area contributed by atoms with Crippen molar-refractivity contribution in [1.82, 2.24) is 10.2 Å². The number of hydrogen-bond donors (Lipinski definition) is 2. The number of nitrogens with one attached hydrogen (secondary N) is 1. The zero-order valence-corrected chi connectivity index (χ0v) is 7.41. The van der Waals surface area contributed by atoms with E-state index >= 15 is 0 Å². The second-order valence-corrected chi connectivity index (χ2v) is 3.09. The topological polar surface area (TPSA) is 66.0 Å². The molecule has 6 heteroatoms. The number of aromatic nitrogens is 2. The number of carbonyl (C=O) groups is 1. The average molecular weight is 205 g/mol. The van der Waals surface area contributed by atoms with E-state index in [0.717, 1.165) is 10.2 Å². The van der Waals surface area contributed by atoms with E-state index in [0.29, 0.717) is 4.88 Å². The van der Waals surface area contributed by atoms with Gasteiger partial charge in [-0.1, -0.05) is 0 Å². The second-order valence-electron chi connectivity index (χ2n) is 2.06. The van der Waals surface area contributed by atoms with Crippen molar-refractivity contribution in [3.05, 3.63) is 17.1 Å². The third-order valence-electron chi connectivity index (χ3n) is 1.34. The number of thiophene rings is 1. The number of H-pyrrole nitrogens is 1. The van der Waals surface area contributed by atoms with Crippen LogP contribution in [0.4, 0.5) is 0 Å². The fraction of sp³-hybridized carbons (Fsp3) is 0. The summed E-state index contributed by atoms with van der Waals surface area (Å²) >= 11 is 1.17. The Bertz CT molecular complexity index is 380. The number of carboxylic acid groups (broad SMARTS) is 1. The zero-order chi connectivity index (χ0) is 7.84. The maximum atomic E-state index is 10.4. The van der Waals surface area contributed by atoms with Gasteiger partial charge in [-0.15, -0.1) is 23.7 Å². The van der Waals surface area contributed by atoms with Crippen LogP contribution < -0.4 is 0 Å². The van der Waals surface area contributed by atoms with Crippen LogP contribution in [0.15, 0.2) is 12.3 Å². The lowest BCUT2D eigenvalue weighted by atomic mass is 10.4. The third-order valence-corrected chi connectivity index (χ3v) is 2.37. The highest BCUT2D eigenvalue weighted by atomic mass is 35.5. The van der Waals surface area contributed by atoms with Crippen LogP contribution in [-0.2, 0) is 0 Å². The van der Waals surface area contributed by atoms with E-state index < -0.39 is 5.97 Å². The Hall–Kier alpha value is -1.07. The molecule has 0 aliphatic carbocycles. The van der Waals surface area contributed by atoms with E-state index in [1.165, 1.54) is 11.3 Å². The number of aromatic amines is 1. The number of hydrogen-bond acceptors (Lipinski definition) is 3. The second kappa shape index (κ2) is 3.12. The molecule has 0 aliphatic rings. The van der Waals surface area contributed by atoms with Gasteiger partial charge in [0.15, 0.2) is 0 Å². The molecular weight excluding hydrogens is 200 g/mol. The Morgan fingerprint density at radius 2 is 2.42 bits per heavy atom. The highest BCUT2D eigenvalue weighted by Crippen LogP contribution is 2.22. The summed E-state index contributed by atoms with van der Waals surface area (Å²) in [7, 11) is 0. The molecule has 0 aromatic carbocycles. The first-order valence-corrected chi connectivity index (χ1v) is 3.75. The lowest BCUT2D eigenvalue weighted by Gasteiger charge is -1.79. The molecule has 0 bridgehead atoms. The van der Waals surface area contributed by atoms with E-state index in [4.69, 9.17) is 5.11 Å². The van der Waals surface area contributed by atoms with Crippen LogP contribution in [0.5, 0.6) is 0 Å². The first kappa shape index (κ1) is 9.02. The molecular formula is C6H5ClN2O2S. The van der Waals surface area contributed by atoms with E-state index in [-0.39, 0.29) is 12.4 Å². The number of rotatable bonds is 1. The molecule has 0 atom stereocenters. The zero-order valence-electron chi connectivity index (χ0n) is 5.77. The average Bonchev–Trinajstić information content (AvgIpc) is 2.40. The number of halogens is 1. The summed E-state index contributed by atoms with van der Waals surface area (Å²) in [6.07, 6.45) is 1.68. The van der Waals surface area contributed by atoms with Crippen molar-refractivity contribution in [2.24, 2.45) is 0 Å². The van der Waals surface area contributed by atoms with E-state index in [2.05, 4.69) is 10.2 Å². The van der Waals surface area contributed by atoms with Gasteiger partial charge in [-0.2, -0.15) is 5.10 Å². The highest BCUT2D eigenvalue weighted by molar-refractivity contribution is 7.20. The molecule has 2 aromatic rings. The molecule has 2 N–H and O–H groups in total. The van der Waals surface area contributed by atoms with Gasteiger partial charge in [-0.3, -0.25) is 5.10 Å². The van der Waals surface area contributed by atoms with E-state index in [1.807, 2.05) is 0 Å². The van der Waals surface area contributed by atoms with Crippen LogP contribution >= 0.6 is 23.7 Å². The minimum Gasteiger partial charge on any atom is -0.477 e. The molecule has 0 unspecified atom stereocenters. The minimum atomic E-state index is -0.895. The summed E-state index contributed by atoms with van der Waals surface area (Å²) in [6, 6.07) is 1.60. The van der Waals surface area contributed by atoms with Gasteiger partial charge in [0.2, 0.25) is 0 Å². The van der Waals surface area contributed by atoms with Gasteiger partial charge in [0.05, 0.1) is 0 Å². The van der Waals surface area contributed by atoms with Crippen molar-refractivity contribution in [1.29, 1.82) is 0 Å². The fourth-order valence-corrected chi connectivity index (χ4v) is 1.67. The van der Waals surface area contributed by atoms with Gasteiger partial charge in [0.25, 0.3) is 0 Å². The Balaban J connectivity index is 0.000000720. The van der Waals surface area contributed by atoms with Gasteiger partial charge >= 0.3 is 5.97 Å². The standard InChI is InChI=1S/C6H4N2O2S.ClH/c9-6(10)4-1-3-2-7-8-5(3)11-4;/h1-2H,(H,7,8)(H,9,10);1H. The maximum absolute atomic E-state index is 10.4. The van der Waals surface area contributed by atoms with Crippen molar-refractivity contribution in [3.63, 3.8) is 0 Å². The van der Waals surface area contributed by atoms with Gasteiger partial charge in [0.1, 0.15) is 9.71 Å². The van der Waals surface area contributed by atoms with Crippen molar-refractivity contribution >= 4 is 39.9 Å². The van der Waals surface area contributed by atoms with Crippen LogP contribution in [0.3, 0.4) is 0 Å². The van der Waals surface area contributed by atoms with E-state index in [9.17, 15) is 4.79 Å². The molecule has 0 fully saturated rings. The minimum absolute atomic E-state index is 0. The molecule has 0 saturated heterocycles. The van der Waals surface area contributed by atoms with Crippen molar-refractivity contribution < 1.29 is 9.90 Å². The highest BCUT2D eigenvalue weighted by Gasteiger charge is 2.08. The Morgan fingerprint density at radius 3 is 3.00 bits per heavy atom. The predicted molar refractivity (Wildman–Crippen MR) is 48.2 cm³/mol. The van der Waals surface area contributed by atoms with Gasteiger partial charge in [-0.25, -0.2) is 4.79 Å². The summed E-state index contributed by atoms with van der Waals surface area (Å²) < 4.78 is 0. The van der Waals surface area contributed by atoms with Gasteiger partial charge < -0.3 is 5.11 Å². The largest absolute Gasteiger partial charge is 0.477 e. The molecule has 12 heavy (non-hydrogen) atoms. The number of carboxylic acids is 1. The Labute approximate surface area is 77.6 Å². The molecule has 2 heterocycles. The van der Waals surface area contributed by atoms with Crippen LogP contribution in [0, 0.1) is 0 Å². The van der Waals surface area contributed by atoms with E-state index in [1.54, 1.807) is 12.3 Å². The van der Waals surface area contributed by atoms with Crippen molar-refractivity contribution in [2.45, 2.75) is 0 Å². The molecule has 4 nitrogen and oxygen atoms in total. The van der Waals surface area contributed by atoms with Crippen molar-refractivity contribution in [2.75, 3.05) is 0 Å². The van der Waals surface area contributed by atoms with Crippen LogP contribution in [0.25, 0.3) is 10.2 Å². The third kappa shape index (κ3) is 1.28. The molecule has 0 aliphatic heterocycles. The molecule has 64 valence electrons. The maximum Gasteiger partial charge on any atom is 0.345 e. The fourth-order valence-electron chi connectivity index (χ4n) is 0.852. The molecule has 0 saturated carbocycles. The normalized spacial score (nSPS) is 9.67. The van der Waals surface area contributed by atoms with Gasteiger partial charge in [-0.05, 0) is 6.07 Å². The smallest absolute Gasteiger partial charge is 0.345 e. The predicted octanol–water partition coefficient (Wildman–Crippen LogP) is 1.74. The van der Waals surface area contributed by atoms with Crippen LogP contribution in [0.2, 0.25) is 0 Å². The first-order chi connectivity index (χ1) is 5.27. The van der Waals surface area contributed by atoms with Crippen LogP contribution in [0.1, 0.15) is 9.67 Å².